The number of hydrogen-bond donors (Lipinski definition) is 3. The summed E-state index contributed by atoms with van der Waals surface area (Å²) in [6, 6.07) is 8.86. The zero-order chi connectivity index (χ0) is 18.0. The van der Waals surface area contributed by atoms with Gasteiger partial charge in [0.05, 0.1) is 28.6 Å². The molecule has 0 unspecified atom stereocenters. The van der Waals surface area contributed by atoms with Gasteiger partial charge in [0.1, 0.15) is 0 Å². The lowest BCUT2D eigenvalue weighted by atomic mass is 10.2. The van der Waals surface area contributed by atoms with Gasteiger partial charge < -0.3 is 20.5 Å². The fourth-order valence-electron chi connectivity index (χ4n) is 2.39. The van der Waals surface area contributed by atoms with Crippen molar-refractivity contribution in [1.29, 1.82) is 0 Å². The highest BCUT2D eigenvalue weighted by Crippen LogP contribution is 2.17. The van der Waals surface area contributed by atoms with Crippen molar-refractivity contribution in [1.82, 2.24) is 25.6 Å². The van der Waals surface area contributed by atoms with Gasteiger partial charge in [0.25, 0.3) is 5.91 Å². The fraction of sp³-hybridized carbons (Fsp3) is 0.125. The Labute approximate surface area is 142 Å². The summed E-state index contributed by atoms with van der Waals surface area (Å²) >= 11 is 0. The van der Waals surface area contributed by atoms with E-state index in [4.69, 9.17) is 0 Å². The van der Waals surface area contributed by atoms with Crippen molar-refractivity contribution in [3.8, 4) is 0 Å². The summed E-state index contributed by atoms with van der Waals surface area (Å²) in [7, 11) is 0. The van der Waals surface area contributed by atoms with E-state index in [1.807, 2.05) is 24.3 Å². The number of aromatic amines is 1. The highest BCUT2D eigenvalue weighted by Gasteiger charge is 2.14. The molecule has 0 aliphatic rings. The van der Waals surface area contributed by atoms with Gasteiger partial charge in [-0.25, -0.2) is 0 Å². The number of nitrogens with zero attached hydrogens (tertiary/aromatic N) is 3. The van der Waals surface area contributed by atoms with Gasteiger partial charge >= 0.3 is 5.82 Å². The largest absolute Gasteiger partial charge is 0.390 e. The number of aryl methyl sites for hydroxylation is 1. The van der Waals surface area contributed by atoms with Crippen LogP contribution in [0, 0.1) is 17.0 Å². The number of hydrazine groups is 1. The number of hydrogen-bond acceptors (Lipinski definition) is 5. The normalized spacial score (nSPS) is 11.5. The van der Waals surface area contributed by atoms with E-state index in [2.05, 4.69) is 20.9 Å². The summed E-state index contributed by atoms with van der Waals surface area (Å²) < 4.78 is 1.37. The smallest absolute Gasteiger partial charge is 0.360 e. The summed E-state index contributed by atoms with van der Waals surface area (Å²) in [5.41, 5.74) is 7.92. The van der Waals surface area contributed by atoms with E-state index < -0.39 is 4.92 Å². The minimum absolute atomic E-state index is 0.232. The van der Waals surface area contributed by atoms with Crippen LogP contribution in [0.2, 0.25) is 0 Å². The second-order valence-electron chi connectivity index (χ2n) is 5.48. The summed E-state index contributed by atoms with van der Waals surface area (Å²) in [5, 5.41) is 15.4. The number of fused-ring (bicyclic) bond motifs is 1. The number of carbonyl (C=O) groups excluding carboxylic acids is 1. The van der Waals surface area contributed by atoms with E-state index in [1.54, 1.807) is 26.2 Å². The Bertz CT molecular complexity index is 985. The van der Waals surface area contributed by atoms with Gasteiger partial charge in [-0.05, 0) is 24.8 Å². The molecule has 128 valence electrons. The molecule has 25 heavy (non-hydrogen) atoms. The van der Waals surface area contributed by atoms with E-state index in [0.717, 1.165) is 10.9 Å². The van der Waals surface area contributed by atoms with Crippen molar-refractivity contribution in [2.24, 2.45) is 0 Å². The van der Waals surface area contributed by atoms with Gasteiger partial charge in [-0.3, -0.25) is 10.2 Å². The first-order chi connectivity index (χ1) is 12.0. The van der Waals surface area contributed by atoms with Crippen LogP contribution in [-0.4, -0.2) is 25.6 Å². The topological polar surface area (TPSA) is 118 Å². The number of amides is 1. The highest BCUT2D eigenvalue weighted by atomic mass is 16.6. The van der Waals surface area contributed by atoms with Crippen molar-refractivity contribution in [2.45, 2.75) is 13.8 Å². The number of nitro groups is 1. The Hall–Kier alpha value is -3.62. The molecular formula is C16H16N6O3. The molecule has 0 fully saturated rings. The highest BCUT2D eigenvalue weighted by molar-refractivity contribution is 6.06. The van der Waals surface area contributed by atoms with Crippen LogP contribution in [0.1, 0.15) is 23.0 Å². The number of H-pyrrole nitrogens is 1. The Kier molecular flexibility index (Phi) is 4.21. The fourth-order valence-corrected chi connectivity index (χ4v) is 2.39. The van der Waals surface area contributed by atoms with E-state index in [0.29, 0.717) is 17.0 Å². The average Bonchev–Trinajstić information content (AvgIpc) is 3.17. The molecule has 0 saturated heterocycles. The number of rotatable bonds is 5. The number of aromatic nitrogens is 3. The summed E-state index contributed by atoms with van der Waals surface area (Å²) in [4.78, 5) is 25.5. The van der Waals surface area contributed by atoms with Crippen LogP contribution in [-0.2, 0) is 0 Å². The van der Waals surface area contributed by atoms with Gasteiger partial charge in [0.2, 0.25) is 0 Å². The maximum Gasteiger partial charge on any atom is 0.390 e. The molecule has 0 radical (unpaired) electrons. The average molecular weight is 340 g/mol. The zero-order valence-corrected chi connectivity index (χ0v) is 13.6. The van der Waals surface area contributed by atoms with Crippen LogP contribution in [0.25, 0.3) is 17.1 Å². The molecule has 1 amide bonds. The molecule has 3 N–H and O–H groups in total. The molecule has 0 bridgehead atoms. The Morgan fingerprint density at radius 3 is 2.84 bits per heavy atom. The lowest BCUT2D eigenvalue weighted by Crippen LogP contribution is -2.36. The predicted molar refractivity (Wildman–Crippen MR) is 92.5 cm³/mol. The first-order valence-corrected chi connectivity index (χ1v) is 7.47. The Balaban J connectivity index is 1.70. The monoisotopic (exact) mass is 340 g/mol. The third-order valence-corrected chi connectivity index (χ3v) is 3.62. The first kappa shape index (κ1) is 16.2. The van der Waals surface area contributed by atoms with Crippen LogP contribution in [0.4, 0.5) is 5.82 Å². The molecule has 0 aliphatic heterocycles. The summed E-state index contributed by atoms with van der Waals surface area (Å²) in [6.45, 7) is 3.41. The van der Waals surface area contributed by atoms with Crippen molar-refractivity contribution < 1.29 is 9.72 Å². The minimum atomic E-state index is -0.557. The van der Waals surface area contributed by atoms with Crippen LogP contribution in [0.15, 0.2) is 42.2 Å². The van der Waals surface area contributed by atoms with Crippen molar-refractivity contribution >= 4 is 28.8 Å². The maximum absolute atomic E-state index is 12.3. The van der Waals surface area contributed by atoms with Crippen molar-refractivity contribution in [3.05, 3.63) is 63.6 Å². The van der Waals surface area contributed by atoms with Gasteiger partial charge in [0.15, 0.2) is 0 Å². The standard InChI is InChI=1S/C16H16N6O3/c1-10(9-21-11(2)7-15(20-21)22(24)25)18-19-16(23)13-8-17-14-6-4-3-5-12(13)14/h3-9,17-18H,1-2H3,(H,19,23). The van der Waals surface area contributed by atoms with E-state index in [-0.39, 0.29) is 11.7 Å². The van der Waals surface area contributed by atoms with Gasteiger partial charge in [-0.2, -0.15) is 4.68 Å². The van der Waals surface area contributed by atoms with Crippen LogP contribution in [0.3, 0.4) is 0 Å². The maximum atomic E-state index is 12.3. The number of benzene rings is 1. The van der Waals surface area contributed by atoms with E-state index >= 15 is 0 Å². The van der Waals surface area contributed by atoms with Gasteiger partial charge in [0, 0.05) is 22.8 Å². The number of allylic oxidation sites excluding steroid dienone is 1. The molecule has 0 spiro atoms. The molecular weight excluding hydrogens is 324 g/mol. The SMILES string of the molecule is CC(=Cn1nc([N+](=O)[O-])cc1C)NNC(=O)c1c[nH]c2ccccc12. The second-order valence-corrected chi connectivity index (χ2v) is 5.48. The first-order valence-electron chi connectivity index (χ1n) is 7.47. The molecule has 9 heteroatoms. The Morgan fingerprint density at radius 2 is 2.12 bits per heavy atom. The van der Waals surface area contributed by atoms with E-state index in [1.165, 1.54) is 10.7 Å². The molecule has 0 saturated carbocycles. The quantitative estimate of drug-likeness (QED) is 0.487. The third kappa shape index (κ3) is 3.34. The van der Waals surface area contributed by atoms with Crippen molar-refractivity contribution in [3.63, 3.8) is 0 Å². The van der Waals surface area contributed by atoms with Gasteiger partial charge in [-0.1, -0.05) is 18.2 Å². The zero-order valence-electron chi connectivity index (χ0n) is 13.6. The molecule has 3 aromatic rings. The number of carbonyl (C=O) groups is 1. The van der Waals surface area contributed by atoms with E-state index in [9.17, 15) is 14.9 Å². The molecule has 2 heterocycles. The molecule has 2 aromatic heterocycles. The molecule has 1 aromatic carbocycles. The molecule has 0 atom stereocenters. The van der Waals surface area contributed by atoms with Gasteiger partial charge in [-0.15, -0.1) is 0 Å². The van der Waals surface area contributed by atoms with Crippen LogP contribution < -0.4 is 10.9 Å². The number of nitrogens with one attached hydrogen (secondary N) is 3. The Morgan fingerprint density at radius 1 is 1.36 bits per heavy atom. The minimum Gasteiger partial charge on any atom is -0.360 e. The van der Waals surface area contributed by atoms with Crippen LogP contribution >= 0.6 is 0 Å². The third-order valence-electron chi connectivity index (χ3n) is 3.62. The summed E-state index contributed by atoms with van der Waals surface area (Å²) in [6.07, 6.45) is 3.19. The molecule has 9 nitrogen and oxygen atoms in total. The molecule has 3 rings (SSSR count). The number of para-hydroxylation sites is 1. The van der Waals surface area contributed by atoms with Crippen molar-refractivity contribution in [2.75, 3.05) is 0 Å². The van der Waals surface area contributed by atoms with Crippen LogP contribution in [0.5, 0.6) is 0 Å². The lowest BCUT2D eigenvalue weighted by molar-refractivity contribution is -0.389. The summed E-state index contributed by atoms with van der Waals surface area (Å²) in [5.74, 6) is -0.530. The molecule has 0 aliphatic carbocycles. The predicted octanol–water partition coefficient (Wildman–Crippen LogP) is 2.33. The second kappa shape index (κ2) is 6.48. The lowest BCUT2D eigenvalue weighted by Gasteiger charge is -2.07.